The van der Waals surface area contributed by atoms with Crippen molar-refractivity contribution in [2.24, 2.45) is 11.1 Å². The van der Waals surface area contributed by atoms with Crippen molar-refractivity contribution >= 4 is 11.8 Å². The van der Waals surface area contributed by atoms with E-state index in [1.165, 1.54) is 70.6 Å². The molecular formula is C31H52N2O2. The van der Waals surface area contributed by atoms with Crippen LogP contribution in [0, 0.1) is 5.41 Å². The monoisotopic (exact) mass is 484 g/mol. The molecule has 198 valence electrons. The van der Waals surface area contributed by atoms with Gasteiger partial charge in [0.15, 0.2) is 0 Å². The lowest BCUT2D eigenvalue weighted by Gasteiger charge is -2.37. The molecule has 0 aromatic heterocycles. The van der Waals surface area contributed by atoms with Gasteiger partial charge in [-0.25, -0.2) is 0 Å². The topological polar surface area (TPSA) is 72.2 Å². The molecule has 0 spiro atoms. The highest BCUT2D eigenvalue weighted by Crippen LogP contribution is 2.43. The fraction of sp³-hybridized carbons (Fsp3) is 0.742. The van der Waals surface area contributed by atoms with Gasteiger partial charge in [-0.2, -0.15) is 0 Å². The third-order valence-corrected chi connectivity index (χ3v) is 7.97. The summed E-state index contributed by atoms with van der Waals surface area (Å²) in [5, 5.41) is 3.26. The average Bonchev–Trinajstić information content (AvgIpc) is 2.87. The SMILES string of the molecule is CCCCCCCCCCCCCCCC(=O)N[C@@H](CC1(C(N)=O)CCCCC1)c1ccccc1. The Kier molecular flexibility index (Phi) is 14.8. The maximum absolute atomic E-state index is 12.8. The molecule has 2 amide bonds. The first kappa shape index (κ1) is 29.4. The van der Waals surface area contributed by atoms with Crippen LogP contribution >= 0.6 is 0 Å². The highest BCUT2D eigenvalue weighted by molar-refractivity contribution is 5.81. The summed E-state index contributed by atoms with van der Waals surface area (Å²) in [5.74, 6) is -0.110. The number of hydrogen-bond donors (Lipinski definition) is 2. The minimum atomic E-state index is -0.498. The van der Waals surface area contributed by atoms with Gasteiger partial charge in [0.05, 0.1) is 11.5 Å². The molecule has 4 heteroatoms. The fourth-order valence-electron chi connectivity index (χ4n) is 5.68. The molecule has 1 saturated carbocycles. The predicted molar refractivity (Wildman–Crippen MR) is 147 cm³/mol. The molecule has 0 saturated heterocycles. The number of carbonyl (C=O) groups is 2. The molecule has 1 aliphatic carbocycles. The van der Waals surface area contributed by atoms with Gasteiger partial charge in [-0.3, -0.25) is 9.59 Å². The van der Waals surface area contributed by atoms with E-state index in [1.54, 1.807) is 0 Å². The van der Waals surface area contributed by atoms with Gasteiger partial charge in [-0.05, 0) is 31.2 Å². The summed E-state index contributed by atoms with van der Waals surface area (Å²) in [7, 11) is 0. The van der Waals surface area contributed by atoms with E-state index in [0.29, 0.717) is 12.8 Å². The van der Waals surface area contributed by atoms with Crippen LogP contribution in [0.25, 0.3) is 0 Å². The number of benzene rings is 1. The van der Waals surface area contributed by atoms with Gasteiger partial charge in [-0.1, -0.05) is 134 Å². The smallest absolute Gasteiger partial charge is 0.223 e. The summed E-state index contributed by atoms with van der Waals surface area (Å²) in [5.41, 5.74) is 6.47. The zero-order chi connectivity index (χ0) is 25.2. The lowest BCUT2D eigenvalue weighted by Crippen LogP contribution is -2.43. The van der Waals surface area contributed by atoms with E-state index in [2.05, 4.69) is 12.2 Å². The summed E-state index contributed by atoms with van der Waals surface area (Å²) in [6.45, 7) is 2.27. The lowest BCUT2D eigenvalue weighted by molar-refractivity contribution is -0.131. The van der Waals surface area contributed by atoms with Crippen LogP contribution in [0.5, 0.6) is 0 Å². The van der Waals surface area contributed by atoms with Gasteiger partial charge >= 0.3 is 0 Å². The maximum Gasteiger partial charge on any atom is 0.223 e. The third-order valence-electron chi connectivity index (χ3n) is 7.97. The molecule has 0 bridgehead atoms. The summed E-state index contributed by atoms with van der Waals surface area (Å²) < 4.78 is 0. The molecule has 1 atom stereocenters. The van der Waals surface area contributed by atoms with Crippen LogP contribution in [-0.4, -0.2) is 11.8 Å². The van der Waals surface area contributed by atoms with Gasteiger partial charge in [-0.15, -0.1) is 0 Å². The number of hydrogen-bond acceptors (Lipinski definition) is 2. The minimum absolute atomic E-state index is 0.0948. The van der Waals surface area contributed by atoms with Gasteiger partial charge < -0.3 is 11.1 Å². The fourth-order valence-corrected chi connectivity index (χ4v) is 5.68. The number of unbranched alkanes of at least 4 members (excludes halogenated alkanes) is 12. The molecule has 1 aliphatic rings. The van der Waals surface area contributed by atoms with Crippen LogP contribution in [0.3, 0.4) is 0 Å². The highest BCUT2D eigenvalue weighted by Gasteiger charge is 2.40. The Bertz CT molecular complexity index is 697. The summed E-state index contributed by atoms with van der Waals surface area (Å²) >= 11 is 0. The van der Waals surface area contributed by atoms with Gasteiger partial charge in [0.2, 0.25) is 11.8 Å². The van der Waals surface area contributed by atoms with Crippen LogP contribution in [0.1, 0.15) is 147 Å². The Morgan fingerprint density at radius 1 is 0.800 bits per heavy atom. The van der Waals surface area contributed by atoms with Crippen molar-refractivity contribution in [1.82, 2.24) is 5.32 Å². The van der Waals surface area contributed by atoms with E-state index in [1.807, 2.05) is 30.3 Å². The van der Waals surface area contributed by atoms with E-state index in [9.17, 15) is 9.59 Å². The van der Waals surface area contributed by atoms with Crippen molar-refractivity contribution in [3.63, 3.8) is 0 Å². The molecule has 1 fully saturated rings. The van der Waals surface area contributed by atoms with E-state index in [4.69, 9.17) is 5.73 Å². The molecule has 0 heterocycles. The van der Waals surface area contributed by atoms with E-state index < -0.39 is 5.41 Å². The second-order valence-corrected chi connectivity index (χ2v) is 10.9. The number of amides is 2. The zero-order valence-electron chi connectivity index (χ0n) is 22.5. The normalized spacial score (nSPS) is 16.0. The number of carbonyl (C=O) groups excluding carboxylic acids is 2. The van der Waals surface area contributed by atoms with Crippen molar-refractivity contribution in [2.75, 3.05) is 0 Å². The first-order valence-electron chi connectivity index (χ1n) is 14.7. The second kappa shape index (κ2) is 17.6. The van der Waals surface area contributed by atoms with Gasteiger partial charge in [0.25, 0.3) is 0 Å². The number of nitrogens with two attached hydrogens (primary N) is 1. The standard InChI is InChI=1S/C31H52N2O2/c1-2-3-4-5-6-7-8-9-10-11-12-13-18-23-29(34)33-28(27-21-16-14-17-22-27)26-31(30(32)35)24-19-15-20-25-31/h14,16-17,21-22,28H,2-13,15,18-20,23-26H2,1H3,(H2,32,35)(H,33,34)/t28-/m0/s1. The first-order chi connectivity index (χ1) is 17.1. The van der Waals surface area contributed by atoms with Gasteiger partial charge in [0.1, 0.15) is 0 Å². The van der Waals surface area contributed by atoms with E-state index in [-0.39, 0.29) is 17.9 Å². The van der Waals surface area contributed by atoms with Crippen LogP contribution < -0.4 is 11.1 Å². The highest BCUT2D eigenvalue weighted by atomic mass is 16.2. The summed E-state index contributed by atoms with van der Waals surface area (Å²) in [6.07, 6.45) is 23.0. The third kappa shape index (κ3) is 11.6. The Morgan fingerprint density at radius 3 is 1.83 bits per heavy atom. The molecule has 3 N–H and O–H groups in total. The Balaban J connectivity index is 1.67. The van der Waals surface area contributed by atoms with Gasteiger partial charge in [0, 0.05) is 6.42 Å². The second-order valence-electron chi connectivity index (χ2n) is 10.9. The van der Waals surface area contributed by atoms with Crippen molar-refractivity contribution in [1.29, 1.82) is 0 Å². The van der Waals surface area contributed by atoms with E-state index >= 15 is 0 Å². The summed E-state index contributed by atoms with van der Waals surface area (Å²) in [6, 6.07) is 9.93. The lowest BCUT2D eigenvalue weighted by atomic mass is 9.69. The van der Waals surface area contributed by atoms with E-state index in [0.717, 1.165) is 50.5 Å². The van der Waals surface area contributed by atoms with Crippen molar-refractivity contribution in [3.05, 3.63) is 35.9 Å². The zero-order valence-corrected chi connectivity index (χ0v) is 22.5. The molecule has 2 rings (SSSR count). The van der Waals surface area contributed by atoms with Crippen LogP contribution in [0.4, 0.5) is 0 Å². The number of primary amides is 1. The quantitative estimate of drug-likeness (QED) is 0.194. The van der Waals surface area contributed by atoms with Crippen LogP contribution in [0.2, 0.25) is 0 Å². The molecule has 0 aliphatic heterocycles. The number of rotatable bonds is 19. The van der Waals surface area contributed by atoms with Crippen molar-refractivity contribution in [2.45, 2.75) is 141 Å². The molecule has 1 aromatic rings. The van der Waals surface area contributed by atoms with Crippen LogP contribution in [0.15, 0.2) is 30.3 Å². The maximum atomic E-state index is 12.8. The Labute approximate surface area is 215 Å². The molecule has 4 nitrogen and oxygen atoms in total. The Morgan fingerprint density at radius 2 is 1.31 bits per heavy atom. The molecular weight excluding hydrogens is 432 g/mol. The van der Waals surface area contributed by atoms with Crippen LogP contribution in [-0.2, 0) is 9.59 Å². The number of nitrogens with one attached hydrogen (secondary N) is 1. The van der Waals surface area contributed by atoms with Crippen molar-refractivity contribution in [3.8, 4) is 0 Å². The minimum Gasteiger partial charge on any atom is -0.369 e. The Hall–Kier alpha value is -1.84. The van der Waals surface area contributed by atoms with Crippen molar-refractivity contribution < 1.29 is 9.59 Å². The predicted octanol–water partition coefficient (Wildman–Crippen LogP) is 8.15. The molecule has 0 radical (unpaired) electrons. The molecule has 0 unspecified atom stereocenters. The summed E-state index contributed by atoms with van der Waals surface area (Å²) in [4.78, 5) is 25.3. The average molecular weight is 485 g/mol. The first-order valence-corrected chi connectivity index (χ1v) is 14.7. The largest absolute Gasteiger partial charge is 0.369 e. The molecule has 1 aromatic carbocycles. The molecule has 35 heavy (non-hydrogen) atoms.